The molecule has 1 atom stereocenters. The topological polar surface area (TPSA) is 75.7 Å². The van der Waals surface area contributed by atoms with Gasteiger partial charge in [-0.3, -0.25) is 9.10 Å². The smallest absolute Gasteiger partial charge is 0.232 e. The highest BCUT2D eigenvalue weighted by Crippen LogP contribution is 2.26. The zero-order valence-electron chi connectivity index (χ0n) is 17.1. The van der Waals surface area contributed by atoms with Crippen molar-refractivity contribution in [2.24, 2.45) is 0 Å². The minimum atomic E-state index is -3.50. The van der Waals surface area contributed by atoms with Crippen LogP contribution in [-0.2, 0) is 14.8 Å². The largest absolute Gasteiger partial charge is 0.497 e. The molecule has 6 nitrogen and oxygen atoms in total. The van der Waals surface area contributed by atoms with E-state index in [-0.39, 0.29) is 24.9 Å². The van der Waals surface area contributed by atoms with Gasteiger partial charge in [0.1, 0.15) is 5.75 Å². The Morgan fingerprint density at radius 1 is 1.21 bits per heavy atom. The summed E-state index contributed by atoms with van der Waals surface area (Å²) in [5, 5.41) is 3.40. The lowest BCUT2D eigenvalue weighted by Gasteiger charge is -2.24. The van der Waals surface area contributed by atoms with E-state index in [2.05, 4.69) is 5.32 Å². The van der Waals surface area contributed by atoms with E-state index in [1.165, 1.54) is 4.31 Å². The van der Waals surface area contributed by atoms with E-state index in [0.29, 0.717) is 17.1 Å². The fraction of sp³-hybridized carbons (Fsp3) is 0.381. The summed E-state index contributed by atoms with van der Waals surface area (Å²) in [5.41, 5.74) is 2.30. The van der Waals surface area contributed by atoms with E-state index in [1.807, 2.05) is 38.1 Å². The van der Waals surface area contributed by atoms with Crippen molar-refractivity contribution in [1.82, 2.24) is 5.32 Å². The number of sulfonamides is 1. The molecule has 0 aromatic heterocycles. The van der Waals surface area contributed by atoms with Crippen LogP contribution in [-0.4, -0.2) is 34.2 Å². The third kappa shape index (κ3) is 6.65. The molecule has 0 bridgehead atoms. The average molecular weight is 439 g/mol. The fourth-order valence-corrected chi connectivity index (χ4v) is 4.17. The van der Waals surface area contributed by atoms with Crippen molar-refractivity contribution in [2.45, 2.75) is 32.7 Å². The van der Waals surface area contributed by atoms with E-state index in [1.54, 1.807) is 25.3 Å². The van der Waals surface area contributed by atoms with Gasteiger partial charge in [-0.2, -0.15) is 0 Å². The van der Waals surface area contributed by atoms with Crippen LogP contribution < -0.4 is 14.4 Å². The average Bonchev–Trinajstić information content (AvgIpc) is 2.66. The van der Waals surface area contributed by atoms with Gasteiger partial charge < -0.3 is 10.1 Å². The summed E-state index contributed by atoms with van der Waals surface area (Å²) in [6.07, 6.45) is 1.76. The van der Waals surface area contributed by atoms with Gasteiger partial charge in [-0.25, -0.2) is 8.42 Å². The molecule has 1 N–H and O–H groups in total. The first-order chi connectivity index (χ1) is 13.6. The lowest BCUT2D eigenvalue weighted by Crippen LogP contribution is -2.33. The Morgan fingerprint density at radius 2 is 1.86 bits per heavy atom. The molecule has 0 saturated carbocycles. The van der Waals surface area contributed by atoms with Crippen molar-refractivity contribution in [3.8, 4) is 5.75 Å². The molecule has 0 unspecified atom stereocenters. The highest BCUT2D eigenvalue weighted by molar-refractivity contribution is 7.92. The summed E-state index contributed by atoms with van der Waals surface area (Å²) in [6.45, 7) is 3.93. The SMILES string of the molecule is COc1ccc([C@@H](C)NC(=O)CCCN(c2cc(Cl)ccc2C)S(C)(=O)=O)cc1. The molecule has 2 rings (SSSR count). The second-order valence-corrected chi connectivity index (χ2v) is 9.28. The number of amides is 1. The first-order valence-corrected chi connectivity index (χ1v) is 11.5. The van der Waals surface area contributed by atoms with Crippen molar-refractivity contribution >= 4 is 33.2 Å². The van der Waals surface area contributed by atoms with Crippen molar-refractivity contribution in [3.63, 3.8) is 0 Å². The third-order valence-electron chi connectivity index (χ3n) is 4.60. The lowest BCUT2D eigenvalue weighted by atomic mass is 10.1. The van der Waals surface area contributed by atoms with Crippen LogP contribution in [0.3, 0.4) is 0 Å². The quantitative estimate of drug-likeness (QED) is 0.640. The Balaban J connectivity index is 1.96. The molecule has 0 aliphatic carbocycles. The van der Waals surface area contributed by atoms with E-state index >= 15 is 0 Å². The van der Waals surface area contributed by atoms with Gasteiger partial charge >= 0.3 is 0 Å². The number of rotatable bonds is 9. The number of anilines is 1. The van der Waals surface area contributed by atoms with Crippen LogP contribution in [0.15, 0.2) is 42.5 Å². The lowest BCUT2D eigenvalue weighted by molar-refractivity contribution is -0.121. The molecule has 0 aliphatic heterocycles. The number of aryl methyl sites for hydroxylation is 1. The fourth-order valence-electron chi connectivity index (χ4n) is 2.99. The monoisotopic (exact) mass is 438 g/mol. The van der Waals surface area contributed by atoms with Gasteiger partial charge in [-0.1, -0.05) is 29.8 Å². The van der Waals surface area contributed by atoms with E-state index in [9.17, 15) is 13.2 Å². The highest BCUT2D eigenvalue weighted by atomic mass is 35.5. The van der Waals surface area contributed by atoms with Crippen LogP contribution in [0, 0.1) is 6.92 Å². The molecule has 0 heterocycles. The Labute approximate surface area is 177 Å². The van der Waals surface area contributed by atoms with Gasteiger partial charge in [0, 0.05) is 18.0 Å². The maximum atomic E-state index is 12.3. The zero-order valence-corrected chi connectivity index (χ0v) is 18.7. The van der Waals surface area contributed by atoms with Gasteiger partial charge in [0.15, 0.2) is 0 Å². The predicted octanol–water partition coefficient (Wildman–Crippen LogP) is 4.08. The van der Waals surface area contributed by atoms with Crippen LogP contribution in [0.25, 0.3) is 0 Å². The summed E-state index contributed by atoms with van der Waals surface area (Å²) in [5.74, 6) is 0.619. The molecule has 1 amide bonds. The van der Waals surface area contributed by atoms with Crippen LogP contribution in [0.2, 0.25) is 5.02 Å². The van der Waals surface area contributed by atoms with Crippen LogP contribution >= 0.6 is 11.6 Å². The molecular weight excluding hydrogens is 412 g/mol. The molecule has 2 aromatic rings. The number of nitrogens with one attached hydrogen (secondary N) is 1. The molecule has 0 spiro atoms. The van der Waals surface area contributed by atoms with Crippen molar-refractivity contribution < 1.29 is 17.9 Å². The summed E-state index contributed by atoms with van der Waals surface area (Å²) in [4.78, 5) is 12.3. The van der Waals surface area contributed by atoms with Gasteiger partial charge in [0.2, 0.25) is 15.9 Å². The van der Waals surface area contributed by atoms with Gasteiger partial charge in [-0.15, -0.1) is 0 Å². The Hall–Kier alpha value is -2.25. The number of halogens is 1. The standard InChI is InChI=1S/C21H27ClN2O4S/c1-15-7-10-18(22)14-20(15)24(29(4,26)27)13-5-6-21(25)23-16(2)17-8-11-19(28-3)12-9-17/h7-12,14,16H,5-6,13H2,1-4H3,(H,23,25)/t16-/m1/s1. The summed E-state index contributed by atoms with van der Waals surface area (Å²) in [6, 6.07) is 12.4. The second-order valence-electron chi connectivity index (χ2n) is 6.93. The number of benzene rings is 2. The molecule has 0 radical (unpaired) electrons. The van der Waals surface area contributed by atoms with Crippen LogP contribution in [0.5, 0.6) is 5.75 Å². The van der Waals surface area contributed by atoms with Gasteiger partial charge in [-0.05, 0) is 55.7 Å². The molecule has 0 fully saturated rings. The minimum Gasteiger partial charge on any atom is -0.497 e. The highest BCUT2D eigenvalue weighted by Gasteiger charge is 2.20. The minimum absolute atomic E-state index is 0.135. The van der Waals surface area contributed by atoms with Crippen molar-refractivity contribution in [3.05, 3.63) is 58.6 Å². The summed E-state index contributed by atoms with van der Waals surface area (Å²) < 4.78 is 31.0. The first-order valence-electron chi connectivity index (χ1n) is 9.29. The molecule has 8 heteroatoms. The van der Waals surface area contributed by atoms with Gasteiger partial charge in [0.25, 0.3) is 0 Å². The number of carbonyl (C=O) groups is 1. The number of methoxy groups -OCH3 is 1. The zero-order chi connectivity index (χ0) is 21.6. The Bertz CT molecular complexity index is 946. The van der Waals surface area contributed by atoms with Gasteiger partial charge in [0.05, 0.1) is 25.1 Å². The van der Waals surface area contributed by atoms with Crippen LogP contribution in [0.1, 0.15) is 36.9 Å². The van der Waals surface area contributed by atoms with Crippen molar-refractivity contribution in [1.29, 1.82) is 0 Å². The Morgan fingerprint density at radius 3 is 2.45 bits per heavy atom. The van der Waals surface area contributed by atoms with E-state index < -0.39 is 10.0 Å². The molecule has 0 aliphatic rings. The third-order valence-corrected chi connectivity index (χ3v) is 6.01. The summed E-state index contributed by atoms with van der Waals surface area (Å²) >= 11 is 6.04. The first kappa shape index (κ1) is 23.0. The van der Waals surface area contributed by atoms with E-state index in [0.717, 1.165) is 23.1 Å². The number of hydrogen-bond donors (Lipinski definition) is 1. The normalized spacial score (nSPS) is 12.3. The Kier molecular flexibility index (Phi) is 7.93. The molecule has 29 heavy (non-hydrogen) atoms. The molecular formula is C21H27ClN2O4S. The molecule has 158 valence electrons. The second kappa shape index (κ2) is 9.98. The van der Waals surface area contributed by atoms with Crippen molar-refractivity contribution in [2.75, 3.05) is 24.2 Å². The maximum Gasteiger partial charge on any atom is 0.232 e. The summed E-state index contributed by atoms with van der Waals surface area (Å²) in [7, 11) is -1.89. The van der Waals surface area contributed by atoms with Crippen LogP contribution in [0.4, 0.5) is 5.69 Å². The van der Waals surface area contributed by atoms with E-state index in [4.69, 9.17) is 16.3 Å². The molecule has 2 aromatic carbocycles. The number of ether oxygens (including phenoxy) is 1. The number of nitrogens with zero attached hydrogens (tertiary/aromatic N) is 1. The predicted molar refractivity (Wildman–Crippen MR) is 117 cm³/mol. The maximum absolute atomic E-state index is 12.3. The number of hydrogen-bond acceptors (Lipinski definition) is 4. The molecule has 0 saturated heterocycles. The number of carbonyl (C=O) groups excluding carboxylic acids is 1.